The lowest BCUT2D eigenvalue weighted by Crippen LogP contribution is -2.07. The van der Waals surface area contributed by atoms with Gasteiger partial charge in [-0.25, -0.2) is 0 Å². The number of halogens is 2. The number of rotatable bonds is 3. The van der Waals surface area contributed by atoms with Crippen molar-refractivity contribution in [3.8, 4) is 0 Å². The summed E-state index contributed by atoms with van der Waals surface area (Å²) in [5.41, 5.74) is 3.56. The monoisotopic (exact) mass is 295 g/mol. The van der Waals surface area contributed by atoms with Crippen LogP contribution in [-0.2, 0) is 6.42 Å². The number of benzene rings is 1. The fourth-order valence-electron chi connectivity index (χ4n) is 2.09. The van der Waals surface area contributed by atoms with Crippen LogP contribution in [0.1, 0.15) is 28.5 Å². The lowest BCUT2D eigenvalue weighted by Gasteiger charge is -2.14. The van der Waals surface area contributed by atoms with E-state index in [4.69, 9.17) is 23.2 Å². The van der Waals surface area contributed by atoms with Gasteiger partial charge in [0.25, 0.3) is 0 Å². The van der Waals surface area contributed by atoms with Crippen molar-refractivity contribution in [3.05, 3.63) is 62.9 Å². The van der Waals surface area contributed by atoms with E-state index >= 15 is 0 Å². The predicted octanol–water partition coefficient (Wildman–Crippen LogP) is 4.28. The number of nitrogens with zero attached hydrogens (tertiary/aromatic N) is 1. The van der Waals surface area contributed by atoms with Crippen molar-refractivity contribution in [2.45, 2.75) is 26.4 Å². The van der Waals surface area contributed by atoms with Gasteiger partial charge in [-0.1, -0.05) is 41.4 Å². The third kappa shape index (κ3) is 3.27. The van der Waals surface area contributed by atoms with Crippen LogP contribution in [0.4, 0.5) is 0 Å². The molecule has 100 valence electrons. The Labute approximate surface area is 123 Å². The number of aromatic nitrogens is 1. The van der Waals surface area contributed by atoms with Crippen LogP contribution in [-0.4, -0.2) is 10.1 Å². The average Bonchev–Trinajstić information content (AvgIpc) is 2.34. The van der Waals surface area contributed by atoms with Gasteiger partial charge in [-0.2, -0.15) is 0 Å². The van der Waals surface area contributed by atoms with Crippen LogP contribution in [0.25, 0.3) is 0 Å². The van der Waals surface area contributed by atoms with E-state index in [1.807, 2.05) is 32.0 Å². The van der Waals surface area contributed by atoms with Gasteiger partial charge in [-0.15, -0.1) is 0 Å². The van der Waals surface area contributed by atoms with Crippen LogP contribution in [0.15, 0.2) is 30.5 Å². The second kappa shape index (κ2) is 5.91. The van der Waals surface area contributed by atoms with Crippen molar-refractivity contribution in [2.24, 2.45) is 0 Å². The molecule has 0 radical (unpaired) electrons. The molecular formula is C15H15Cl2NO. The molecule has 2 nitrogen and oxygen atoms in total. The smallest absolute Gasteiger partial charge is 0.100 e. The average molecular weight is 296 g/mol. The Bertz CT molecular complexity index is 599. The number of aryl methyl sites for hydroxylation is 2. The zero-order chi connectivity index (χ0) is 14.0. The molecular weight excluding hydrogens is 281 g/mol. The van der Waals surface area contributed by atoms with Gasteiger partial charge in [0.2, 0.25) is 0 Å². The normalized spacial score (nSPS) is 12.5. The van der Waals surface area contributed by atoms with E-state index in [0.717, 1.165) is 16.7 Å². The predicted molar refractivity (Wildman–Crippen MR) is 78.8 cm³/mol. The quantitative estimate of drug-likeness (QED) is 0.917. The third-order valence-corrected chi connectivity index (χ3v) is 3.87. The standard InChI is InChI=1S/C15H15Cl2NO/c1-9-6-10(2)15(18-8-9)13(19)7-11-4-3-5-12(16)14(11)17/h3-6,8,13,19H,7H2,1-2H3. The summed E-state index contributed by atoms with van der Waals surface area (Å²) in [6, 6.07) is 7.42. The molecule has 2 rings (SSSR count). The Morgan fingerprint density at radius 1 is 1.26 bits per heavy atom. The van der Waals surface area contributed by atoms with Gasteiger partial charge in [0, 0.05) is 12.6 Å². The Balaban J connectivity index is 2.25. The minimum Gasteiger partial charge on any atom is -0.386 e. The summed E-state index contributed by atoms with van der Waals surface area (Å²) in [7, 11) is 0. The van der Waals surface area contributed by atoms with Crippen LogP contribution >= 0.6 is 23.2 Å². The maximum atomic E-state index is 10.3. The minimum absolute atomic E-state index is 0.399. The van der Waals surface area contributed by atoms with E-state index in [-0.39, 0.29) is 0 Å². The molecule has 0 aliphatic carbocycles. The largest absolute Gasteiger partial charge is 0.386 e. The van der Waals surface area contributed by atoms with Gasteiger partial charge in [0.1, 0.15) is 6.10 Å². The molecule has 0 saturated heterocycles. The van der Waals surface area contributed by atoms with E-state index in [9.17, 15) is 5.11 Å². The molecule has 19 heavy (non-hydrogen) atoms. The molecule has 1 N–H and O–H groups in total. The first-order chi connectivity index (χ1) is 8.99. The highest BCUT2D eigenvalue weighted by Crippen LogP contribution is 2.29. The molecule has 0 spiro atoms. The van der Waals surface area contributed by atoms with Crippen molar-refractivity contribution >= 4 is 23.2 Å². The summed E-state index contributed by atoms with van der Waals surface area (Å²) in [6.45, 7) is 3.92. The van der Waals surface area contributed by atoms with E-state index in [0.29, 0.717) is 22.2 Å². The van der Waals surface area contributed by atoms with Crippen molar-refractivity contribution in [2.75, 3.05) is 0 Å². The number of aliphatic hydroxyl groups is 1. The maximum Gasteiger partial charge on any atom is 0.100 e. The minimum atomic E-state index is -0.684. The summed E-state index contributed by atoms with van der Waals surface area (Å²) in [4.78, 5) is 4.30. The van der Waals surface area contributed by atoms with Gasteiger partial charge < -0.3 is 5.11 Å². The summed E-state index contributed by atoms with van der Waals surface area (Å²) in [5.74, 6) is 0. The Morgan fingerprint density at radius 2 is 2.00 bits per heavy atom. The summed E-state index contributed by atoms with van der Waals surface area (Å²) >= 11 is 12.1. The zero-order valence-corrected chi connectivity index (χ0v) is 12.3. The Morgan fingerprint density at radius 3 is 2.68 bits per heavy atom. The molecule has 0 fully saturated rings. The molecule has 1 heterocycles. The SMILES string of the molecule is Cc1cnc(C(O)Cc2cccc(Cl)c2Cl)c(C)c1. The fourth-order valence-corrected chi connectivity index (χ4v) is 2.48. The molecule has 2 aromatic rings. The molecule has 0 aliphatic heterocycles. The van der Waals surface area contributed by atoms with Gasteiger partial charge in [0.05, 0.1) is 15.7 Å². The van der Waals surface area contributed by atoms with Crippen molar-refractivity contribution < 1.29 is 5.11 Å². The summed E-state index contributed by atoms with van der Waals surface area (Å²) in [5, 5.41) is 11.3. The maximum absolute atomic E-state index is 10.3. The van der Waals surface area contributed by atoms with E-state index in [1.54, 1.807) is 12.3 Å². The van der Waals surface area contributed by atoms with Crippen LogP contribution in [0, 0.1) is 13.8 Å². The highest BCUT2D eigenvalue weighted by molar-refractivity contribution is 6.42. The first-order valence-electron chi connectivity index (χ1n) is 6.03. The van der Waals surface area contributed by atoms with Crippen LogP contribution in [0.2, 0.25) is 10.0 Å². The van der Waals surface area contributed by atoms with Crippen molar-refractivity contribution in [3.63, 3.8) is 0 Å². The molecule has 1 aromatic heterocycles. The summed E-state index contributed by atoms with van der Waals surface area (Å²) < 4.78 is 0. The van der Waals surface area contributed by atoms with Crippen molar-refractivity contribution in [1.82, 2.24) is 4.98 Å². The van der Waals surface area contributed by atoms with Crippen LogP contribution < -0.4 is 0 Å². The lowest BCUT2D eigenvalue weighted by atomic mass is 10.0. The first-order valence-corrected chi connectivity index (χ1v) is 6.78. The summed E-state index contributed by atoms with van der Waals surface area (Å²) in [6.07, 6.45) is 1.47. The number of hydrogen-bond donors (Lipinski definition) is 1. The number of aliphatic hydroxyl groups excluding tert-OH is 1. The molecule has 0 amide bonds. The highest BCUT2D eigenvalue weighted by Gasteiger charge is 2.15. The first kappa shape index (κ1) is 14.3. The van der Waals surface area contributed by atoms with Crippen molar-refractivity contribution in [1.29, 1.82) is 0 Å². The van der Waals surface area contributed by atoms with Gasteiger partial charge in [-0.05, 0) is 36.6 Å². The molecule has 1 unspecified atom stereocenters. The molecule has 0 bridgehead atoms. The van der Waals surface area contributed by atoms with Gasteiger partial charge >= 0.3 is 0 Å². The Hall–Kier alpha value is -1.09. The molecule has 1 atom stereocenters. The topological polar surface area (TPSA) is 33.1 Å². The van der Waals surface area contributed by atoms with E-state index in [1.165, 1.54) is 0 Å². The lowest BCUT2D eigenvalue weighted by molar-refractivity contribution is 0.173. The van der Waals surface area contributed by atoms with Crippen LogP contribution in [0.5, 0.6) is 0 Å². The van der Waals surface area contributed by atoms with Gasteiger partial charge in [0.15, 0.2) is 0 Å². The number of pyridine rings is 1. The number of hydrogen-bond acceptors (Lipinski definition) is 2. The van der Waals surface area contributed by atoms with E-state index in [2.05, 4.69) is 4.98 Å². The van der Waals surface area contributed by atoms with Gasteiger partial charge in [-0.3, -0.25) is 4.98 Å². The molecule has 1 aromatic carbocycles. The second-order valence-corrected chi connectivity index (χ2v) is 5.43. The fraction of sp³-hybridized carbons (Fsp3) is 0.267. The zero-order valence-electron chi connectivity index (χ0n) is 10.8. The molecule has 4 heteroatoms. The Kier molecular flexibility index (Phi) is 4.46. The van der Waals surface area contributed by atoms with E-state index < -0.39 is 6.10 Å². The third-order valence-electron chi connectivity index (χ3n) is 3.02. The highest BCUT2D eigenvalue weighted by atomic mass is 35.5. The van der Waals surface area contributed by atoms with Crippen LogP contribution in [0.3, 0.4) is 0 Å². The molecule has 0 saturated carbocycles. The molecule has 0 aliphatic rings. The second-order valence-electron chi connectivity index (χ2n) is 4.65.